The SMILES string of the molecule is CC(C)(C)c1cc(/C=C(\C#N)c2nnc3n2CCCCC3)cc(C(C)(C)C)c1O. The Kier molecular flexibility index (Phi) is 5.58. The molecule has 0 saturated heterocycles. The van der Waals surface area contributed by atoms with Crippen molar-refractivity contribution < 1.29 is 5.11 Å². The molecule has 5 nitrogen and oxygen atoms in total. The average Bonchev–Trinajstić information content (AvgIpc) is 2.86. The van der Waals surface area contributed by atoms with E-state index >= 15 is 0 Å². The molecule has 0 fully saturated rings. The zero-order chi connectivity index (χ0) is 21.4. The van der Waals surface area contributed by atoms with Crippen molar-refractivity contribution in [2.24, 2.45) is 0 Å². The van der Waals surface area contributed by atoms with E-state index in [1.165, 1.54) is 6.42 Å². The maximum atomic E-state index is 10.9. The summed E-state index contributed by atoms with van der Waals surface area (Å²) in [5.41, 5.74) is 2.75. The molecule has 1 aliphatic rings. The summed E-state index contributed by atoms with van der Waals surface area (Å²) >= 11 is 0. The molecule has 0 spiro atoms. The highest BCUT2D eigenvalue weighted by Crippen LogP contribution is 2.40. The number of aromatic hydroxyl groups is 1. The fraction of sp³-hybridized carbons (Fsp3) is 0.542. The highest BCUT2D eigenvalue weighted by Gasteiger charge is 2.26. The van der Waals surface area contributed by atoms with Gasteiger partial charge in [-0.25, -0.2) is 0 Å². The molecule has 0 aliphatic carbocycles. The molecule has 0 saturated carbocycles. The average molecular weight is 393 g/mol. The van der Waals surface area contributed by atoms with Gasteiger partial charge in [-0.05, 0) is 47.4 Å². The molecule has 0 amide bonds. The Balaban J connectivity index is 2.16. The van der Waals surface area contributed by atoms with Gasteiger partial charge < -0.3 is 9.67 Å². The van der Waals surface area contributed by atoms with E-state index < -0.39 is 0 Å². The Morgan fingerprint density at radius 3 is 2.21 bits per heavy atom. The molecular weight excluding hydrogens is 360 g/mol. The number of phenols is 1. The van der Waals surface area contributed by atoms with E-state index in [1.807, 2.05) is 18.2 Å². The first-order valence-electron chi connectivity index (χ1n) is 10.4. The van der Waals surface area contributed by atoms with Gasteiger partial charge in [-0.1, -0.05) is 48.0 Å². The third-order valence-electron chi connectivity index (χ3n) is 5.53. The summed E-state index contributed by atoms with van der Waals surface area (Å²) in [6.45, 7) is 13.4. The van der Waals surface area contributed by atoms with E-state index in [9.17, 15) is 10.4 Å². The van der Waals surface area contributed by atoms with Crippen LogP contribution in [0.2, 0.25) is 0 Å². The van der Waals surface area contributed by atoms with Gasteiger partial charge in [-0.15, -0.1) is 10.2 Å². The number of benzene rings is 1. The molecular formula is C24H32N4O. The lowest BCUT2D eigenvalue weighted by molar-refractivity contribution is 0.423. The van der Waals surface area contributed by atoms with E-state index in [2.05, 4.69) is 62.4 Å². The minimum absolute atomic E-state index is 0.216. The summed E-state index contributed by atoms with van der Waals surface area (Å²) < 4.78 is 2.10. The number of rotatable bonds is 2. The Labute approximate surface area is 174 Å². The number of hydrogen-bond donors (Lipinski definition) is 1. The summed E-state index contributed by atoms with van der Waals surface area (Å²) in [6.07, 6.45) is 6.17. The second-order valence-electron chi connectivity index (χ2n) is 10.0. The second kappa shape index (κ2) is 7.67. The van der Waals surface area contributed by atoms with E-state index in [4.69, 9.17) is 0 Å². The number of nitriles is 1. The first-order valence-corrected chi connectivity index (χ1v) is 10.4. The number of fused-ring (bicyclic) bond motifs is 1. The molecule has 0 atom stereocenters. The lowest BCUT2D eigenvalue weighted by atomic mass is 9.78. The summed E-state index contributed by atoms with van der Waals surface area (Å²) in [5, 5.41) is 29.5. The normalized spacial score (nSPS) is 15.6. The minimum atomic E-state index is -0.216. The van der Waals surface area contributed by atoms with Crippen LogP contribution in [0.4, 0.5) is 0 Å². The standard InChI is InChI=1S/C24H32N4O/c1-23(2,3)18-13-16(14-19(21(18)29)24(4,5)6)12-17(15-25)22-27-26-20-10-8-7-9-11-28(20)22/h12-14,29H,7-11H2,1-6H3/b17-12+. The molecule has 1 N–H and O–H groups in total. The smallest absolute Gasteiger partial charge is 0.174 e. The highest BCUT2D eigenvalue weighted by molar-refractivity contribution is 5.87. The molecule has 3 rings (SSSR count). The van der Waals surface area contributed by atoms with Gasteiger partial charge in [-0.3, -0.25) is 0 Å². The number of aromatic nitrogens is 3. The monoisotopic (exact) mass is 392 g/mol. The Morgan fingerprint density at radius 1 is 1.03 bits per heavy atom. The molecule has 1 aromatic heterocycles. The Bertz CT molecular complexity index is 943. The molecule has 0 radical (unpaired) electrons. The van der Waals surface area contributed by atoms with Gasteiger partial charge in [0, 0.05) is 24.1 Å². The second-order valence-corrected chi connectivity index (χ2v) is 10.0. The number of nitrogens with zero attached hydrogens (tertiary/aromatic N) is 4. The highest BCUT2D eigenvalue weighted by atomic mass is 16.3. The van der Waals surface area contributed by atoms with Crippen molar-refractivity contribution in [3.05, 3.63) is 40.5 Å². The maximum absolute atomic E-state index is 10.9. The van der Waals surface area contributed by atoms with Crippen molar-refractivity contribution >= 4 is 11.6 Å². The zero-order valence-electron chi connectivity index (χ0n) is 18.5. The molecule has 1 aromatic carbocycles. The molecule has 29 heavy (non-hydrogen) atoms. The molecule has 1 aliphatic heterocycles. The summed E-state index contributed by atoms with van der Waals surface area (Å²) in [5.74, 6) is 1.96. The van der Waals surface area contributed by atoms with Gasteiger partial charge in [0.2, 0.25) is 0 Å². The molecule has 2 aromatic rings. The number of phenolic OH excluding ortho intramolecular Hbond substituents is 1. The predicted octanol–water partition coefficient (Wildman–Crippen LogP) is 5.37. The van der Waals surface area contributed by atoms with E-state index in [0.717, 1.165) is 48.3 Å². The molecule has 5 heteroatoms. The van der Waals surface area contributed by atoms with Crippen molar-refractivity contribution in [1.29, 1.82) is 5.26 Å². The summed E-state index contributed by atoms with van der Waals surface area (Å²) in [6, 6.07) is 6.31. The zero-order valence-corrected chi connectivity index (χ0v) is 18.5. The van der Waals surface area contributed by atoms with E-state index in [-0.39, 0.29) is 10.8 Å². The van der Waals surface area contributed by atoms with Crippen LogP contribution in [-0.2, 0) is 23.8 Å². The van der Waals surface area contributed by atoms with Crippen molar-refractivity contribution in [1.82, 2.24) is 14.8 Å². The first kappa shape index (κ1) is 21.1. The van der Waals surface area contributed by atoms with Crippen molar-refractivity contribution in [2.75, 3.05) is 0 Å². The molecule has 2 heterocycles. The van der Waals surface area contributed by atoms with Crippen molar-refractivity contribution in [2.45, 2.75) is 84.6 Å². The van der Waals surface area contributed by atoms with Crippen LogP contribution >= 0.6 is 0 Å². The van der Waals surface area contributed by atoms with Crippen LogP contribution in [0.5, 0.6) is 5.75 Å². The van der Waals surface area contributed by atoms with Crippen LogP contribution in [0.3, 0.4) is 0 Å². The van der Waals surface area contributed by atoms with Crippen LogP contribution in [0.1, 0.15) is 89.1 Å². The van der Waals surface area contributed by atoms with Crippen LogP contribution in [0.15, 0.2) is 12.1 Å². The molecule has 154 valence electrons. The summed E-state index contributed by atoms with van der Waals surface area (Å²) in [4.78, 5) is 0. The minimum Gasteiger partial charge on any atom is -0.507 e. The number of hydrogen-bond acceptors (Lipinski definition) is 4. The van der Waals surface area contributed by atoms with Gasteiger partial charge in [0.15, 0.2) is 5.82 Å². The fourth-order valence-corrected chi connectivity index (χ4v) is 3.88. The van der Waals surface area contributed by atoms with Crippen LogP contribution in [0, 0.1) is 11.3 Å². The molecule has 0 unspecified atom stereocenters. The van der Waals surface area contributed by atoms with E-state index in [1.54, 1.807) is 0 Å². The Morgan fingerprint density at radius 2 is 1.66 bits per heavy atom. The summed E-state index contributed by atoms with van der Waals surface area (Å²) in [7, 11) is 0. The van der Waals surface area contributed by atoms with Crippen LogP contribution in [-0.4, -0.2) is 19.9 Å². The largest absolute Gasteiger partial charge is 0.507 e. The first-order chi connectivity index (χ1) is 13.5. The predicted molar refractivity (Wildman–Crippen MR) is 117 cm³/mol. The number of aryl methyl sites for hydroxylation is 1. The van der Waals surface area contributed by atoms with Gasteiger partial charge in [0.25, 0.3) is 0 Å². The maximum Gasteiger partial charge on any atom is 0.174 e. The number of allylic oxidation sites excluding steroid dienone is 1. The fourth-order valence-electron chi connectivity index (χ4n) is 3.88. The van der Waals surface area contributed by atoms with Gasteiger partial charge in [0.05, 0.1) is 5.57 Å². The third kappa shape index (κ3) is 4.37. The Hall–Kier alpha value is -2.61. The van der Waals surface area contributed by atoms with Gasteiger partial charge in [0.1, 0.15) is 17.6 Å². The van der Waals surface area contributed by atoms with Crippen LogP contribution in [0.25, 0.3) is 11.6 Å². The topological polar surface area (TPSA) is 74.7 Å². The van der Waals surface area contributed by atoms with Crippen molar-refractivity contribution in [3.8, 4) is 11.8 Å². The van der Waals surface area contributed by atoms with Gasteiger partial charge in [-0.2, -0.15) is 5.26 Å². The lowest BCUT2D eigenvalue weighted by Gasteiger charge is -2.28. The van der Waals surface area contributed by atoms with Gasteiger partial charge >= 0.3 is 0 Å². The lowest BCUT2D eigenvalue weighted by Crippen LogP contribution is -2.17. The van der Waals surface area contributed by atoms with Crippen molar-refractivity contribution in [3.63, 3.8) is 0 Å². The quantitative estimate of drug-likeness (QED) is 0.697. The van der Waals surface area contributed by atoms with E-state index in [0.29, 0.717) is 17.1 Å². The molecule has 0 bridgehead atoms. The van der Waals surface area contributed by atoms with Crippen LogP contribution < -0.4 is 0 Å². The third-order valence-corrected chi connectivity index (χ3v) is 5.53.